The zero-order valence-corrected chi connectivity index (χ0v) is 11.3. The van der Waals surface area contributed by atoms with Crippen LogP contribution in [0, 0.1) is 0 Å². The van der Waals surface area contributed by atoms with E-state index in [0.717, 1.165) is 38.6 Å². The fraction of sp³-hybridized carbons (Fsp3) is 0.357. The maximum atomic E-state index is 4.39. The summed E-state index contributed by atoms with van der Waals surface area (Å²) in [5, 5.41) is 10.7. The zero-order valence-electron chi connectivity index (χ0n) is 11.3. The van der Waals surface area contributed by atoms with Crippen LogP contribution in [0.4, 0.5) is 0 Å². The van der Waals surface area contributed by atoms with Crippen molar-refractivity contribution in [3.05, 3.63) is 48.0 Å². The highest BCUT2D eigenvalue weighted by atomic mass is 15.3. The Hall–Kier alpha value is -2.37. The Balaban J connectivity index is 1.54. The molecule has 0 fully saturated rings. The Kier molecular flexibility index (Phi) is 3.91. The second kappa shape index (κ2) is 6.18. The Morgan fingerprint density at radius 2 is 2.05 bits per heavy atom. The third kappa shape index (κ3) is 3.34. The maximum Gasteiger partial charge on any atom is 0.191 e. The Bertz CT molecular complexity index is 558. The highest BCUT2D eigenvalue weighted by Crippen LogP contribution is 2.05. The number of aliphatic imine (C=N–C) groups is 1. The molecule has 0 unspecified atom stereocenters. The van der Waals surface area contributed by atoms with Gasteiger partial charge in [0.15, 0.2) is 5.96 Å². The first-order chi connectivity index (χ1) is 9.90. The van der Waals surface area contributed by atoms with Crippen molar-refractivity contribution in [3.8, 4) is 0 Å². The molecule has 1 aliphatic heterocycles. The molecule has 0 atom stereocenters. The zero-order chi connectivity index (χ0) is 13.6. The third-order valence-electron chi connectivity index (χ3n) is 3.19. The fourth-order valence-corrected chi connectivity index (χ4v) is 2.10. The SMILES string of the molecule is c1ncn(Cc2ccc(CNC3=NCCCN3)cc2)n1. The molecule has 0 saturated heterocycles. The van der Waals surface area contributed by atoms with Gasteiger partial charge in [-0.25, -0.2) is 9.67 Å². The molecule has 0 spiro atoms. The van der Waals surface area contributed by atoms with Crippen molar-refractivity contribution in [2.45, 2.75) is 19.5 Å². The van der Waals surface area contributed by atoms with E-state index >= 15 is 0 Å². The summed E-state index contributed by atoms with van der Waals surface area (Å²) in [6.07, 6.45) is 4.39. The summed E-state index contributed by atoms with van der Waals surface area (Å²) in [6, 6.07) is 8.49. The minimum atomic E-state index is 0.752. The Morgan fingerprint density at radius 1 is 1.20 bits per heavy atom. The van der Waals surface area contributed by atoms with Crippen LogP contribution in [0.3, 0.4) is 0 Å². The number of nitrogens with zero attached hydrogens (tertiary/aromatic N) is 4. The molecule has 1 aromatic carbocycles. The molecule has 0 aliphatic carbocycles. The van der Waals surface area contributed by atoms with Gasteiger partial charge in [0.2, 0.25) is 0 Å². The number of guanidine groups is 1. The lowest BCUT2D eigenvalue weighted by Gasteiger charge is -2.16. The summed E-state index contributed by atoms with van der Waals surface area (Å²) >= 11 is 0. The van der Waals surface area contributed by atoms with Gasteiger partial charge in [-0.1, -0.05) is 24.3 Å². The molecule has 0 amide bonds. The quantitative estimate of drug-likeness (QED) is 0.861. The van der Waals surface area contributed by atoms with Crippen molar-refractivity contribution in [1.29, 1.82) is 0 Å². The van der Waals surface area contributed by atoms with Crippen molar-refractivity contribution in [3.63, 3.8) is 0 Å². The molecular weight excluding hydrogens is 252 g/mol. The minimum absolute atomic E-state index is 0.752. The van der Waals surface area contributed by atoms with Crippen LogP contribution in [0.1, 0.15) is 17.5 Å². The monoisotopic (exact) mass is 270 g/mol. The predicted octanol–water partition coefficient (Wildman–Crippen LogP) is 0.765. The van der Waals surface area contributed by atoms with Gasteiger partial charge in [-0.15, -0.1) is 0 Å². The van der Waals surface area contributed by atoms with E-state index in [1.807, 2.05) is 4.68 Å². The first-order valence-electron chi connectivity index (χ1n) is 6.82. The highest BCUT2D eigenvalue weighted by molar-refractivity contribution is 5.80. The van der Waals surface area contributed by atoms with E-state index in [4.69, 9.17) is 0 Å². The van der Waals surface area contributed by atoms with Gasteiger partial charge in [0.25, 0.3) is 0 Å². The molecule has 20 heavy (non-hydrogen) atoms. The van der Waals surface area contributed by atoms with Gasteiger partial charge in [-0.3, -0.25) is 4.99 Å². The van der Waals surface area contributed by atoms with Crippen molar-refractivity contribution < 1.29 is 0 Å². The standard InChI is InChI=1S/C14H18N6/c1-6-16-14(17-7-1)18-8-12-2-4-13(5-3-12)9-20-11-15-10-19-20/h2-5,10-11H,1,6-9H2,(H2,16,17,18). The van der Waals surface area contributed by atoms with Crippen LogP contribution in [-0.2, 0) is 13.1 Å². The molecule has 1 aliphatic rings. The van der Waals surface area contributed by atoms with E-state index in [9.17, 15) is 0 Å². The van der Waals surface area contributed by atoms with Gasteiger partial charge in [-0.2, -0.15) is 5.10 Å². The Labute approximate surface area is 117 Å². The smallest absolute Gasteiger partial charge is 0.191 e. The predicted molar refractivity (Wildman–Crippen MR) is 77.3 cm³/mol. The second-order valence-corrected chi connectivity index (χ2v) is 4.77. The normalized spacial score (nSPS) is 14.5. The average molecular weight is 270 g/mol. The molecular formula is C14H18N6. The van der Waals surface area contributed by atoms with Gasteiger partial charge in [0.05, 0.1) is 6.54 Å². The molecule has 6 nitrogen and oxygen atoms in total. The van der Waals surface area contributed by atoms with Gasteiger partial charge in [0.1, 0.15) is 12.7 Å². The van der Waals surface area contributed by atoms with Crippen molar-refractivity contribution in [2.24, 2.45) is 4.99 Å². The van der Waals surface area contributed by atoms with E-state index in [-0.39, 0.29) is 0 Å². The summed E-state index contributed by atoms with van der Waals surface area (Å²) in [5.74, 6) is 0.906. The van der Waals surface area contributed by atoms with Crippen LogP contribution in [0.25, 0.3) is 0 Å². The summed E-state index contributed by atoms with van der Waals surface area (Å²) in [4.78, 5) is 8.33. The third-order valence-corrected chi connectivity index (χ3v) is 3.19. The lowest BCUT2D eigenvalue weighted by Crippen LogP contribution is -2.40. The van der Waals surface area contributed by atoms with Gasteiger partial charge < -0.3 is 10.6 Å². The van der Waals surface area contributed by atoms with Crippen molar-refractivity contribution in [2.75, 3.05) is 13.1 Å². The molecule has 3 rings (SSSR count). The molecule has 1 aromatic heterocycles. The molecule has 104 valence electrons. The molecule has 6 heteroatoms. The lowest BCUT2D eigenvalue weighted by atomic mass is 10.1. The lowest BCUT2D eigenvalue weighted by molar-refractivity contribution is 0.684. The van der Waals surface area contributed by atoms with E-state index in [1.54, 1.807) is 12.7 Å². The number of rotatable bonds is 4. The second-order valence-electron chi connectivity index (χ2n) is 4.77. The van der Waals surface area contributed by atoms with Crippen molar-refractivity contribution >= 4 is 5.96 Å². The highest BCUT2D eigenvalue weighted by Gasteiger charge is 2.03. The van der Waals surface area contributed by atoms with Gasteiger partial charge in [0, 0.05) is 19.6 Å². The van der Waals surface area contributed by atoms with E-state index < -0.39 is 0 Å². The summed E-state index contributed by atoms with van der Waals surface area (Å²) in [7, 11) is 0. The van der Waals surface area contributed by atoms with Crippen LogP contribution in [0.2, 0.25) is 0 Å². The van der Waals surface area contributed by atoms with Crippen LogP contribution in [0.15, 0.2) is 41.9 Å². The first-order valence-corrected chi connectivity index (χ1v) is 6.82. The molecule has 2 N–H and O–H groups in total. The van der Waals surface area contributed by atoms with Crippen LogP contribution in [-0.4, -0.2) is 33.8 Å². The van der Waals surface area contributed by atoms with Crippen LogP contribution in [0.5, 0.6) is 0 Å². The van der Waals surface area contributed by atoms with Crippen LogP contribution < -0.4 is 10.6 Å². The molecule has 2 heterocycles. The van der Waals surface area contributed by atoms with Crippen LogP contribution >= 0.6 is 0 Å². The van der Waals surface area contributed by atoms with E-state index in [1.165, 1.54) is 11.1 Å². The largest absolute Gasteiger partial charge is 0.356 e. The summed E-state index contributed by atoms with van der Waals surface area (Å²) in [5.41, 5.74) is 2.45. The molecule has 0 bridgehead atoms. The Morgan fingerprint density at radius 3 is 2.75 bits per heavy atom. The molecule has 0 saturated carbocycles. The van der Waals surface area contributed by atoms with Gasteiger partial charge in [-0.05, 0) is 17.5 Å². The summed E-state index contributed by atoms with van der Waals surface area (Å²) in [6.45, 7) is 3.45. The number of nitrogens with one attached hydrogen (secondary N) is 2. The average Bonchev–Trinajstić information content (AvgIpc) is 3.01. The molecule has 2 aromatic rings. The topological polar surface area (TPSA) is 67.1 Å². The first kappa shape index (κ1) is 12.7. The van der Waals surface area contributed by atoms with E-state index in [0.29, 0.717) is 0 Å². The number of aromatic nitrogens is 3. The number of hydrogen-bond acceptors (Lipinski definition) is 5. The van der Waals surface area contributed by atoms with Crippen molar-refractivity contribution in [1.82, 2.24) is 25.4 Å². The number of hydrogen-bond donors (Lipinski definition) is 2. The number of benzene rings is 1. The van der Waals surface area contributed by atoms with E-state index in [2.05, 4.69) is 50.0 Å². The van der Waals surface area contributed by atoms with Gasteiger partial charge >= 0.3 is 0 Å². The fourth-order valence-electron chi connectivity index (χ4n) is 2.10. The molecule has 0 radical (unpaired) electrons. The summed E-state index contributed by atoms with van der Waals surface area (Å²) < 4.78 is 1.81. The minimum Gasteiger partial charge on any atom is -0.356 e. The maximum absolute atomic E-state index is 4.39.